The van der Waals surface area contributed by atoms with Crippen LogP contribution in [-0.2, 0) is 6.18 Å². The summed E-state index contributed by atoms with van der Waals surface area (Å²) >= 11 is 0. The third kappa shape index (κ3) is 2.42. The van der Waals surface area contributed by atoms with Crippen molar-refractivity contribution in [1.82, 2.24) is 0 Å². The van der Waals surface area contributed by atoms with Crippen molar-refractivity contribution < 1.29 is 13.2 Å². The second kappa shape index (κ2) is 5.38. The van der Waals surface area contributed by atoms with E-state index in [9.17, 15) is 13.2 Å². The van der Waals surface area contributed by atoms with Crippen LogP contribution in [0.1, 0.15) is 5.56 Å². The zero-order valence-corrected chi connectivity index (χ0v) is 12.6. The largest absolute Gasteiger partial charge is 0.416 e. The van der Waals surface area contributed by atoms with Crippen molar-refractivity contribution in [3.63, 3.8) is 0 Å². The molecule has 0 fully saturated rings. The molecule has 4 rings (SSSR count). The van der Waals surface area contributed by atoms with E-state index in [0.29, 0.717) is 5.39 Å². The van der Waals surface area contributed by atoms with E-state index in [2.05, 4.69) is 0 Å². The minimum Gasteiger partial charge on any atom is -0.166 e. The Hall–Kier alpha value is -2.81. The molecule has 0 heterocycles. The summed E-state index contributed by atoms with van der Waals surface area (Å²) in [5, 5.41) is 3.43. The zero-order valence-electron chi connectivity index (χ0n) is 12.6. The molecule has 24 heavy (non-hydrogen) atoms. The van der Waals surface area contributed by atoms with Gasteiger partial charge in [0.15, 0.2) is 0 Å². The van der Waals surface area contributed by atoms with Gasteiger partial charge >= 0.3 is 6.18 Å². The monoisotopic (exact) mass is 322 g/mol. The van der Waals surface area contributed by atoms with Crippen LogP contribution in [0.2, 0.25) is 0 Å². The Bertz CT molecular complexity index is 1030. The average molecular weight is 322 g/mol. The van der Waals surface area contributed by atoms with Crippen molar-refractivity contribution in [3.05, 3.63) is 84.4 Å². The first-order chi connectivity index (χ1) is 11.5. The van der Waals surface area contributed by atoms with Crippen LogP contribution >= 0.6 is 0 Å². The second-order valence-electron chi connectivity index (χ2n) is 5.77. The molecule has 0 spiro atoms. The molecule has 0 aliphatic carbocycles. The SMILES string of the molecule is FC(F)(F)c1ccc2c(c1)c(-c1ccccc1)cc1ccccc12. The van der Waals surface area contributed by atoms with Gasteiger partial charge in [-0.05, 0) is 50.9 Å². The van der Waals surface area contributed by atoms with Gasteiger partial charge in [-0.25, -0.2) is 0 Å². The first kappa shape index (κ1) is 14.8. The molecule has 0 aliphatic rings. The number of hydrogen-bond donors (Lipinski definition) is 0. The maximum atomic E-state index is 13.2. The smallest absolute Gasteiger partial charge is 0.166 e. The van der Waals surface area contributed by atoms with Gasteiger partial charge in [-0.15, -0.1) is 0 Å². The van der Waals surface area contributed by atoms with Crippen molar-refractivity contribution in [2.24, 2.45) is 0 Å². The maximum Gasteiger partial charge on any atom is 0.416 e. The molecule has 0 radical (unpaired) electrons. The molecular weight excluding hydrogens is 309 g/mol. The first-order valence-electron chi connectivity index (χ1n) is 7.62. The first-order valence-corrected chi connectivity index (χ1v) is 7.62. The van der Waals surface area contributed by atoms with Crippen molar-refractivity contribution >= 4 is 21.5 Å². The van der Waals surface area contributed by atoms with Crippen LogP contribution in [0, 0.1) is 0 Å². The third-order valence-electron chi connectivity index (χ3n) is 4.27. The van der Waals surface area contributed by atoms with Gasteiger partial charge in [0.25, 0.3) is 0 Å². The summed E-state index contributed by atoms with van der Waals surface area (Å²) in [5.74, 6) is 0. The Balaban J connectivity index is 2.14. The van der Waals surface area contributed by atoms with Crippen LogP contribution in [-0.4, -0.2) is 0 Å². The van der Waals surface area contributed by atoms with Gasteiger partial charge in [0, 0.05) is 0 Å². The predicted octanol–water partition coefficient (Wildman–Crippen LogP) is 6.68. The van der Waals surface area contributed by atoms with Gasteiger partial charge in [0.2, 0.25) is 0 Å². The highest BCUT2D eigenvalue weighted by molar-refractivity contribution is 6.13. The van der Waals surface area contributed by atoms with Crippen molar-refractivity contribution in [2.45, 2.75) is 6.18 Å². The normalized spacial score (nSPS) is 12.0. The lowest BCUT2D eigenvalue weighted by atomic mass is 9.92. The van der Waals surface area contributed by atoms with Gasteiger partial charge < -0.3 is 0 Å². The maximum absolute atomic E-state index is 13.2. The topological polar surface area (TPSA) is 0 Å². The van der Waals surface area contributed by atoms with E-state index in [1.165, 1.54) is 6.07 Å². The van der Waals surface area contributed by atoms with Crippen LogP contribution < -0.4 is 0 Å². The van der Waals surface area contributed by atoms with Crippen LogP contribution in [0.5, 0.6) is 0 Å². The fourth-order valence-corrected chi connectivity index (χ4v) is 3.14. The Labute approximate surface area is 137 Å². The Morgan fingerprint density at radius 1 is 0.583 bits per heavy atom. The summed E-state index contributed by atoms with van der Waals surface area (Å²) in [5.41, 5.74) is 1.10. The second-order valence-corrected chi connectivity index (χ2v) is 5.77. The molecule has 0 N–H and O–H groups in total. The van der Waals surface area contributed by atoms with Gasteiger partial charge in [-0.2, -0.15) is 13.2 Å². The predicted molar refractivity (Wildman–Crippen MR) is 91.9 cm³/mol. The van der Waals surface area contributed by atoms with Crippen molar-refractivity contribution in [3.8, 4) is 11.1 Å². The summed E-state index contributed by atoms with van der Waals surface area (Å²) in [6.45, 7) is 0. The van der Waals surface area contributed by atoms with Gasteiger partial charge in [-0.1, -0.05) is 60.7 Å². The highest BCUT2D eigenvalue weighted by atomic mass is 19.4. The minimum atomic E-state index is -4.35. The number of benzene rings is 4. The van der Waals surface area contributed by atoms with Gasteiger partial charge in [0.1, 0.15) is 0 Å². The lowest BCUT2D eigenvalue weighted by Gasteiger charge is -2.14. The molecule has 0 saturated heterocycles. The van der Waals surface area contributed by atoms with Crippen LogP contribution in [0.25, 0.3) is 32.7 Å². The molecule has 118 valence electrons. The molecule has 0 atom stereocenters. The van der Waals surface area contributed by atoms with E-state index in [0.717, 1.165) is 33.4 Å². The number of alkyl halides is 3. The molecule has 0 nitrogen and oxygen atoms in total. The Kier molecular flexibility index (Phi) is 3.31. The van der Waals surface area contributed by atoms with Gasteiger partial charge in [0.05, 0.1) is 5.56 Å². The van der Waals surface area contributed by atoms with Crippen molar-refractivity contribution in [1.29, 1.82) is 0 Å². The number of halogens is 3. The summed E-state index contributed by atoms with van der Waals surface area (Å²) in [7, 11) is 0. The Morgan fingerprint density at radius 3 is 2.04 bits per heavy atom. The fourth-order valence-electron chi connectivity index (χ4n) is 3.14. The quantitative estimate of drug-likeness (QED) is 0.343. The van der Waals surface area contributed by atoms with E-state index >= 15 is 0 Å². The van der Waals surface area contributed by atoms with E-state index in [1.54, 1.807) is 6.07 Å². The molecule has 4 aromatic rings. The molecule has 0 saturated carbocycles. The summed E-state index contributed by atoms with van der Waals surface area (Å²) in [4.78, 5) is 0. The molecular formula is C21H13F3. The highest BCUT2D eigenvalue weighted by Crippen LogP contribution is 2.38. The zero-order chi connectivity index (χ0) is 16.7. The summed E-state index contributed by atoms with van der Waals surface area (Å²) in [6.07, 6.45) is -4.35. The van der Waals surface area contributed by atoms with E-state index < -0.39 is 11.7 Å². The van der Waals surface area contributed by atoms with Crippen LogP contribution in [0.3, 0.4) is 0 Å². The molecule has 3 heteroatoms. The lowest BCUT2D eigenvalue weighted by Crippen LogP contribution is -2.04. The van der Waals surface area contributed by atoms with E-state index in [1.807, 2.05) is 60.7 Å². The number of hydrogen-bond acceptors (Lipinski definition) is 0. The molecule has 0 amide bonds. The lowest BCUT2D eigenvalue weighted by molar-refractivity contribution is -0.137. The minimum absolute atomic E-state index is 0.620. The molecule has 0 aromatic heterocycles. The average Bonchev–Trinajstić information content (AvgIpc) is 2.60. The molecule has 0 bridgehead atoms. The van der Waals surface area contributed by atoms with Crippen LogP contribution in [0.4, 0.5) is 13.2 Å². The molecule has 0 aliphatic heterocycles. The third-order valence-corrected chi connectivity index (χ3v) is 4.27. The van der Waals surface area contributed by atoms with Gasteiger partial charge in [-0.3, -0.25) is 0 Å². The Morgan fingerprint density at radius 2 is 1.29 bits per heavy atom. The number of fused-ring (bicyclic) bond motifs is 3. The van der Waals surface area contributed by atoms with Crippen molar-refractivity contribution in [2.75, 3.05) is 0 Å². The standard InChI is InChI=1S/C21H13F3/c22-21(23,24)16-10-11-18-17-9-5-4-8-15(17)12-19(20(18)13-16)14-6-2-1-3-7-14/h1-13H. The van der Waals surface area contributed by atoms with E-state index in [-0.39, 0.29) is 0 Å². The molecule has 0 unspecified atom stereocenters. The highest BCUT2D eigenvalue weighted by Gasteiger charge is 2.30. The fraction of sp³-hybridized carbons (Fsp3) is 0.0476. The molecule has 4 aromatic carbocycles. The summed E-state index contributed by atoms with van der Waals surface area (Å²) < 4.78 is 39.5. The summed E-state index contributed by atoms with van der Waals surface area (Å²) in [6, 6.07) is 23.2. The number of rotatable bonds is 1. The van der Waals surface area contributed by atoms with Crippen LogP contribution in [0.15, 0.2) is 78.9 Å². The van der Waals surface area contributed by atoms with E-state index in [4.69, 9.17) is 0 Å².